The van der Waals surface area contributed by atoms with Gasteiger partial charge in [0.1, 0.15) is 11.2 Å². The zero-order chi connectivity index (χ0) is 26.7. The van der Waals surface area contributed by atoms with Gasteiger partial charge >= 0.3 is 0 Å². The number of imidazole rings is 1. The molecule has 1 aliphatic rings. The van der Waals surface area contributed by atoms with E-state index in [4.69, 9.17) is 9.97 Å². The smallest absolute Gasteiger partial charge is 0.146 e. The molecule has 0 amide bonds. The molecule has 0 unspecified atom stereocenters. The lowest BCUT2D eigenvalue weighted by molar-refractivity contribution is 1.18. The van der Waals surface area contributed by atoms with Crippen LogP contribution in [0.1, 0.15) is 11.1 Å². The number of pyridine rings is 3. The highest BCUT2D eigenvalue weighted by Gasteiger charge is 2.25. The van der Waals surface area contributed by atoms with Crippen molar-refractivity contribution in [2.75, 3.05) is 0 Å². The molecule has 0 spiro atoms. The van der Waals surface area contributed by atoms with Crippen LogP contribution in [-0.4, -0.2) is 23.9 Å². The predicted octanol–water partition coefficient (Wildman–Crippen LogP) is 8.25. The predicted molar refractivity (Wildman–Crippen MR) is 166 cm³/mol. The van der Waals surface area contributed by atoms with E-state index in [1.165, 1.54) is 38.5 Å². The Morgan fingerprint density at radius 2 is 1.51 bits per heavy atom. The van der Waals surface area contributed by atoms with Crippen LogP contribution in [0.15, 0.2) is 116 Å². The minimum Gasteiger partial charge on any atom is -0.309 e. The molecule has 10 rings (SSSR count). The van der Waals surface area contributed by atoms with Crippen molar-refractivity contribution in [3.63, 3.8) is 0 Å². The van der Waals surface area contributed by atoms with Gasteiger partial charge < -0.3 is 4.57 Å². The van der Waals surface area contributed by atoms with Crippen LogP contribution >= 0.6 is 0 Å². The van der Waals surface area contributed by atoms with Crippen molar-refractivity contribution in [2.24, 2.45) is 0 Å². The number of fused-ring (bicyclic) bond motifs is 15. The summed E-state index contributed by atoms with van der Waals surface area (Å²) in [5, 5.41) is 4.69. The number of rotatable bonds is 1. The summed E-state index contributed by atoms with van der Waals surface area (Å²) in [7, 11) is 0. The highest BCUT2D eigenvalue weighted by Crippen LogP contribution is 2.45. The molecule has 1 aliphatic carbocycles. The third-order valence-corrected chi connectivity index (χ3v) is 8.82. The minimum atomic E-state index is 0.879. The van der Waals surface area contributed by atoms with Gasteiger partial charge in [-0.3, -0.25) is 14.4 Å². The first-order valence-electron chi connectivity index (χ1n) is 13.9. The molecule has 5 heteroatoms. The maximum atomic E-state index is 5.10. The van der Waals surface area contributed by atoms with Crippen molar-refractivity contribution in [3.8, 4) is 16.8 Å². The maximum Gasteiger partial charge on any atom is 0.146 e. The Labute approximate surface area is 234 Å². The van der Waals surface area contributed by atoms with Gasteiger partial charge in [-0.05, 0) is 77.2 Å². The molecule has 0 aliphatic heterocycles. The number of aromatic nitrogens is 5. The lowest BCUT2D eigenvalue weighted by atomic mass is 10.0. The molecule has 5 heterocycles. The second-order valence-electron chi connectivity index (χ2n) is 10.9. The Morgan fingerprint density at radius 3 is 2.46 bits per heavy atom. The lowest BCUT2D eigenvalue weighted by Crippen LogP contribution is -1.98. The van der Waals surface area contributed by atoms with E-state index in [-0.39, 0.29) is 0 Å². The molecule has 5 aromatic heterocycles. The number of hydrogen-bond donors (Lipinski definition) is 0. The summed E-state index contributed by atoms with van der Waals surface area (Å²) in [5.74, 6) is 0. The number of nitrogens with zero attached hydrogens (tertiary/aromatic N) is 5. The van der Waals surface area contributed by atoms with E-state index >= 15 is 0 Å². The summed E-state index contributed by atoms with van der Waals surface area (Å²) in [5.41, 5.74) is 13.8. The molecular formula is C36H21N5. The molecule has 0 radical (unpaired) electrons. The van der Waals surface area contributed by atoms with Crippen molar-refractivity contribution >= 4 is 60.3 Å². The number of para-hydroxylation sites is 1. The Hall–Kier alpha value is -5.55. The fourth-order valence-corrected chi connectivity index (χ4v) is 7.13. The van der Waals surface area contributed by atoms with Crippen LogP contribution in [0.5, 0.6) is 0 Å². The van der Waals surface area contributed by atoms with Crippen LogP contribution in [0.4, 0.5) is 0 Å². The second-order valence-corrected chi connectivity index (χ2v) is 10.9. The van der Waals surface area contributed by atoms with E-state index in [0.29, 0.717) is 0 Å². The molecule has 5 nitrogen and oxygen atoms in total. The average Bonchev–Trinajstić information content (AvgIpc) is 3.70. The molecular weight excluding hydrogens is 502 g/mol. The van der Waals surface area contributed by atoms with E-state index in [1.807, 2.05) is 30.7 Å². The van der Waals surface area contributed by atoms with Crippen LogP contribution in [0.2, 0.25) is 0 Å². The van der Waals surface area contributed by atoms with Gasteiger partial charge in [-0.15, -0.1) is 0 Å². The quantitative estimate of drug-likeness (QED) is 0.204. The van der Waals surface area contributed by atoms with Gasteiger partial charge in [0.05, 0.1) is 33.8 Å². The molecule has 0 saturated heterocycles. The summed E-state index contributed by atoms with van der Waals surface area (Å²) in [6.45, 7) is 0. The number of hydrogen-bond acceptors (Lipinski definition) is 3. The number of benzene rings is 4. The van der Waals surface area contributed by atoms with Gasteiger partial charge in [0, 0.05) is 39.6 Å². The van der Waals surface area contributed by atoms with Crippen LogP contribution < -0.4 is 0 Å². The summed E-state index contributed by atoms with van der Waals surface area (Å²) in [6, 6.07) is 35.0. The molecule has 190 valence electrons. The SMILES string of the molecule is c1ccc(-n2c3cc4c(cc3c3ccc5c(c6ncccc6n6c7ccncc7nc56)c32)Cc2ccccc2-4)cc1. The first kappa shape index (κ1) is 21.3. The van der Waals surface area contributed by atoms with E-state index in [9.17, 15) is 0 Å². The Bertz CT molecular complexity index is 2550. The molecule has 4 aromatic carbocycles. The largest absolute Gasteiger partial charge is 0.309 e. The van der Waals surface area contributed by atoms with Gasteiger partial charge in [0.2, 0.25) is 0 Å². The first-order valence-corrected chi connectivity index (χ1v) is 13.9. The van der Waals surface area contributed by atoms with Crippen LogP contribution in [0.25, 0.3) is 77.1 Å². The molecule has 0 atom stereocenters. The van der Waals surface area contributed by atoms with Gasteiger partial charge in [-0.2, -0.15) is 0 Å². The van der Waals surface area contributed by atoms with Gasteiger partial charge in [0.15, 0.2) is 0 Å². The van der Waals surface area contributed by atoms with Crippen molar-refractivity contribution in [1.82, 2.24) is 23.9 Å². The zero-order valence-corrected chi connectivity index (χ0v) is 21.9. The highest BCUT2D eigenvalue weighted by atomic mass is 15.0. The third kappa shape index (κ3) is 2.68. The Balaban J connectivity index is 1.47. The van der Waals surface area contributed by atoms with Gasteiger partial charge in [0.25, 0.3) is 0 Å². The lowest BCUT2D eigenvalue weighted by Gasteiger charge is -2.13. The molecule has 0 fully saturated rings. The molecule has 0 saturated carbocycles. The van der Waals surface area contributed by atoms with Crippen molar-refractivity contribution in [1.29, 1.82) is 0 Å². The van der Waals surface area contributed by atoms with Crippen molar-refractivity contribution in [2.45, 2.75) is 6.42 Å². The monoisotopic (exact) mass is 523 g/mol. The van der Waals surface area contributed by atoms with Crippen molar-refractivity contribution < 1.29 is 0 Å². The van der Waals surface area contributed by atoms with Gasteiger partial charge in [-0.1, -0.05) is 48.5 Å². The normalized spacial score (nSPS) is 12.8. The standard InChI is InChI=1S/C36H21N5/c1-2-8-23(9-3-1)40-32-19-27-22(17-21-7-4-5-10-24(21)27)18-28(32)25-12-13-26-33(35(25)40)34-31(11-6-15-38-34)41-30-14-16-37-20-29(30)39-36(26)41/h1-16,18-20H,17H2. The van der Waals surface area contributed by atoms with E-state index < -0.39 is 0 Å². The first-order chi connectivity index (χ1) is 20.3. The fourth-order valence-electron chi connectivity index (χ4n) is 7.13. The van der Waals surface area contributed by atoms with Crippen LogP contribution in [0, 0.1) is 0 Å². The molecule has 41 heavy (non-hydrogen) atoms. The second kappa shape index (κ2) is 7.55. The summed E-state index contributed by atoms with van der Waals surface area (Å²) < 4.78 is 4.66. The summed E-state index contributed by atoms with van der Waals surface area (Å²) >= 11 is 0. The Kier molecular flexibility index (Phi) is 3.92. The van der Waals surface area contributed by atoms with E-state index in [2.05, 4.69) is 98.9 Å². The van der Waals surface area contributed by atoms with E-state index in [1.54, 1.807) is 0 Å². The summed E-state index contributed by atoms with van der Waals surface area (Å²) in [6.07, 6.45) is 6.53. The highest BCUT2D eigenvalue weighted by molar-refractivity contribution is 6.27. The maximum absolute atomic E-state index is 5.10. The zero-order valence-electron chi connectivity index (χ0n) is 21.9. The van der Waals surface area contributed by atoms with E-state index in [0.717, 1.165) is 56.1 Å². The fraction of sp³-hybridized carbons (Fsp3) is 0.0278. The van der Waals surface area contributed by atoms with Crippen LogP contribution in [0.3, 0.4) is 0 Å². The Morgan fingerprint density at radius 1 is 0.634 bits per heavy atom. The summed E-state index contributed by atoms with van der Waals surface area (Å²) in [4.78, 5) is 14.5. The molecule has 0 bridgehead atoms. The third-order valence-electron chi connectivity index (χ3n) is 8.82. The van der Waals surface area contributed by atoms with Crippen LogP contribution in [-0.2, 0) is 6.42 Å². The van der Waals surface area contributed by atoms with Crippen molar-refractivity contribution in [3.05, 3.63) is 127 Å². The topological polar surface area (TPSA) is 48.0 Å². The molecule has 0 N–H and O–H groups in total. The molecule has 9 aromatic rings. The minimum absolute atomic E-state index is 0.879. The average molecular weight is 524 g/mol. The van der Waals surface area contributed by atoms with Gasteiger partial charge in [-0.25, -0.2) is 4.98 Å².